The number of halogens is 2. The number of carbonyl (C=O) groups is 1. The number of aromatic nitrogens is 4. The molecule has 0 aliphatic carbocycles. The molecule has 0 saturated heterocycles. The molecule has 0 saturated carbocycles. The molecule has 1 N–H and O–H groups in total. The Labute approximate surface area is 163 Å². The number of hydrogen-bond acceptors (Lipinski definition) is 4. The minimum Gasteiger partial charge on any atom is -0.321 e. The Balaban J connectivity index is 1.62. The summed E-state index contributed by atoms with van der Waals surface area (Å²) in [5.41, 5.74) is 1.51. The van der Waals surface area contributed by atoms with Crippen LogP contribution in [0.3, 0.4) is 0 Å². The Hall–Kier alpha value is -3.88. The highest BCUT2D eigenvalue weighted by Crippen LogP contribution is 2.30. The number of hydrogen-bond donors (Lipinski definition) is 1. The summed E-state index contributed by atoms with van der Waals surface area (Å²) in [7, 11) is 1.45. The van der Waals surface area contributed by atoms with E-state index in [1.54, 1.807) is 48.5 Å². The molecule has 0 atom stereocenters. The van der Waals surface area contributed by atoms with Crippen LogP contribution in [0.25, 0.3) is 22.4 Å². The van der Waals surface area contributed by atoms with E-state index in [9.17, 15) is 18.4 Å². The summed E-state index contributed by atoms with van der Waals surface area (Å²) < 4.78 is 29.2. The first kappa shape index (κ1) is 18.5. The molecule has 4 aromatic rings. The van der Waals surface area contributed by atoms with Gasteiger partial charge in [0.2, 0.25) is 0 Å². The quantitative estimate of drug-likeness (QED) is 0.574. The standard InChI is InChI=1S/C20H15F2N5O2/c1-26-17(28)11-10-15(25-26)19(29)23-13-8-6-12(7-9-13)18-24-14-4-2-3-5-16(14)27(18)20(21)22/h2-11,20H,1H3,(H,23,29). The van der Waals surface area contributed by atoms with Crippen LogP contribution in [0.15, 0.2) is 65.5 Å². The first-order valence-electron chi connectivity index (χ1n) is 8.65. The number of aryl methyl sites for hydroxylation is 1. The molecule has 2 heterocycles. The van der Waals surface area contributed by atoms with Crippen LogP contribution in [0.4, 0.5) is 14.5 Å². The SMILES string of the molecule is Cn1nc(C(=O)Nc2ccc(-c3nc4ccccc4n3C(F)F)cc2)ccc1=O. The molecule has 0 radical (unpaired) electrons. The zero-order valence-electron chi connectivity index (χ0n) is 15.2. The van der Waals surface area contributed by atoms with E-state index in [0.717, 1.165) is 9.25 Å². The third-order valence-electron chi connectivity index (χ3n) is 4.39. The van der Waals surface area contributed by atoms with E-state index in [-0.39, 0.29) is 17.1 Å². The van der Waals surface area contributed by atoms with Gasteiger partial charge in [0.15, 0.2) is 0 Å². The number of benzene rings is 2. The molecule has 7 nitrogen and oxygen atoms in total. The summed E-state index contributed by atoms with van der Waals surface area (Å²) in [6.45, 7) is -2.74. The molecular formula is C20H15F2N5O2. The zero-order chi connectivity index (χ0) is 20.5. The Morgan fingerprint density at radius 2 is 1.76 bits per heavy atom. The summed E-state index contributed by atoms with van der Waals surface area (Å²) in [5, 5.41) is 6.54. The average molecular weight is 395 g/mol. The molecule has 0 aliphatic rings. The van der Waals surface area contributed by atoms with Crippen molar-refractivity contribution >= 4 is 22.6 Å². The highest BCUT2D eigenvalue weighted by atomic mass is 19.3. The molecule has 29 heavy (non-hydrogen) atoms. The Bertz CT molecular complexity index is 1260. The van der Waals surface area contributed by atoms with Gasteiger partial charge in [-0.1, -0.05) is 12.1 Å². The molecule has 2 aromatic heterocycles. The summed E-state index contributed by atoms with van der Waals surface area (Å²) in [6, 6.07) is 15.6. The van der Waals surface area contributed by atoms with Crippen molar-refractivity contribution in [1.82, 2.24) is 19.3 Å². The first-order chi connectivity index (χ1) is 13.9. The second kappa shape index (κ2) is 7.27. The Morgan fingerprint density at radius 3 is 2.45 bits per heavy atom. The molecular weight excluding hydrogens is 380 g/mol. The number of alkyl halides is 2. The number of nitrogens with zero attached hydrogens (tertiary/aromatic N) is 4. The van der Waals surface area contributed by atoms with Crippen LogP contribution in [0.1, 0.15) is 17.0 Å². The molecule has 146 valence electrons. The van der Waals surface area contributed by atoms with Crippen molar-refractivity contribution in [2.45, 2.75) is 6.55 Å². The van der Waals surface area contributed by atoms with Gasteiger partial charge in [0.05, 0.1) is 11.0 Å². The van der Waals surface area contributed by atoms with Crippen molar-refractivity contribution in [3.63, 3.8) is 0 Å². The largest absolute Gasteiger partial charge is 0.321 e. The number of carbonyl (C=O) groups excluding carboxylic acids is 1. The number of amides is 1. The van der Waals surface area contributed by atoms with Crippen LogP contribution in [0.5, 0.6) is 0 Å². The first-order valence-corrected chi connectivity index (χ1v) is 8.65. The summed E-state index contributed by atoms with van der Waals surface area (Å²) >= 11 is 0. The van der Waals surface area contributed by atoms with E-state index in [1.165, 1.54) is 19.2 Å². The highest BCUT2D eigenvalue weighted by Gasteiger charge is 2.19. The highest BCUT2D eigenvalue weighted by molar-refractivity contribution is 6.02. The van der Waals surface area contributed by atoms with E-state index < -0.39 is 12.5 Å². The van der Waals surface area contributed by atoms with Crippen LogP contribution < -0.4 is 10.9 Å². The number of rotatable bonds is 4. The fourth-order valence-electron chi connectivity index (χ4n) is 2.97. The van der Waals surface area contributed by atoms with Crippen LogP contribution in [0.2, 0.25) is 0 Å². The third kappa shape index (κ3) is 3.49. The predicted octanol–water partition coefficient (Wildman–Crippen LogP) is 3.44. The molecule has 1 amide bonds. The molecule has 9 heteroatoms. The molecule has 0 spiro atoms. The number of para-hydroxylation sites is 2. The maximum absolute atomic E-state index is 13.6. The third-order valence-corrected chi connectivity index (χ3v) is 4.39. The fraction of sp³-hybridized carbons (Fsp3) is 0.100. The molecule has 0 aliphatic heterocycles. The van der Waals surface area contributed by atoms with Crippen molar-refractivity contribution in [2.75, 3.05) is 5.32 Å². The van der Waals surface area contributed by atoms with Gasteiger partial charge in [0.1, 0.15) is 11.5 Å². The second-order valence-corrected chi connectivity index (χ2v) is 6.28. The second-order valence-electron chi connectivity index (χ2n) is 6.28. The number of nitrogens with one attached hydrogen (secondary N) is 1. The maximum atomic E-state index is 13.6. The van der Waals surface area contributed by atoms with Gasteiger partial charge in [-0.3, -0.25) is 14.2 Å². The van der Waals surface area contributed by atoms with E-state index in [0.29, 0.717) is 22.3 Å². The lowest BCUT2D eigenvalue weighted by Crippen LogP contribution is -2.23. The van der Waals surface area contributed by atoms with Gasteiger partial charge in [-0.05, 0) is 42.5 Å². The van der Waals surface area contributed by atoms with E-state index in [4.69, 9.17) is 0 Å². The normalized spacial score (nSPS) is 11.2. The lowest BCUT2D eigenvalue weighted by Gasteiger charge is -2.09. The van der Waals surface area contributed by atoms with Gasteiger partial charge in [0.25, 0.3) is 11.5 Å². The van der Waals surface area contributed by atoms with Gasteiger partial charge in [-0.15, -0.1) is 0 Å². The average Bonchev–Trinajstić information content (AvgIpc) is 3.10. The van der Waals surface area contributed by atoms with Crippen molar-refractivity contribution in [3.8, 4) is 11.4 Å². The Kier molecular flexibility index (Phi) is 4.63. The van der Waals surface area contributed by atoms with Crippen molar-refractivity contribution in [2.24, 2.45) is 7.05 Å². The summed E-state index contributed by atoms with van der Waals surface area (Å²) in [5.74, 6) is -0.355. The molecule has 2 aromatic carbocycles. The number of fused-ring (bicyclic) bond motifs is 1. The minimum atomic E-state index is -2.74. The molecule has 0 unspecified atom stereocenters. The van der Waals surface area contributed by atoms with Gasteiger partial charge < -0.3 is 5.32 Å². The van der Waals surface area contributed by atoms with Crippen molar-refractivity contribution in [1.29, 1.82) is 0 Å². The zero-order valence-corrected chi connectivity index (χ0v) is 15.2. The van der Waals surface area contributed by atoms with Crippen LogP contribution in [0, 0.1) is 0 Å². The molecule has 4 rings (SSSR count). The van der Waals surface area contributed by atoms with Gasteiger partial charge in [0, 0.05) is 24.4 Å². The molecule has 0 fully saturated rings. The number of imidazole rings is 1. The molecule has 0 bridgehead atoms. The Morgan fingerprint density at radius 1 is 1.03 bits per heavy atom. The van der Waals surface area contributed by atoms with E-state index >= 15 is 0 Å². The monoisotopic (exact) mass is 395 g/mol. The lowest BCUT2D eigenvalue weighted by molar-refractivity contribution is 0.0764. The smallest absolute Gasteiger partial charge is 0.320 e. The van der Waals surface area contributed by atoms with Gasteiger partial charge >= 0.3 is 6.55 Å². The van der Waals surface area contributed by atoms with Crippen molar-refractivity contribution < 1.29 is 13.6 Å². The van der Waals surface area contributed by atoms with E-state index in [1.807, 2.05) is 0 Å². The van der Waals surface area contributed by atoms with Crippen LogP contribution in [-0.2, 0) is 7.05 Å². The summed E-state index contributed by atoms with van der Waals surface area (Å²) in [4.78, 5) is 28.0. The van der Waals surface area contributed by atoms with Crippen LogP contribution >= 0.6 is 0 Å². The number of anilines is 1. The minimum absolute atomic E-state index is 0.0793. The summed E-state index contributed by atoms with van der Waals surface area (Å²) in [6.07, 6.45) is 0. The topological polar surface area (TPSA) is 81.8 Å². The van der Waals surface area contributed by atoms with Crippen molar-refractivity contribution in [3.05, 3.63) is 76.7 Å². The lowest BCUT2D eigenvalue weighted by atomic mass is 10.2. The maximum Gasteiger partial charge on any atom is 0.320 e. The predicted molar refractivity (Wildman–Crippen MR) is 104 cm³/mol. The van der Waals surface area contributed by atoms with Gasteiger partial charge in [-0.25, -0.2) is 9.67 Å². The van der Waals surface area contributed by atoms with Gasteiger partial charge in [-0.2, -0.15) is 13.9 Å². The van der Waals surface area contributed by atoms with Crippen LogP contribution in [-0.4, -0.2) is 25.2 Å². The fourth-order valence-corrected chi connectivity index (χ4v) is 2.97. The van der Waals surface area contributed by atoms with E-state index in [2.05, 4.69) is 15.4 Å².